The number of carbonyl (C=O) groups is 2. The number of hydrogen-bond acceptors (Lipinski definition) is 3. The number of methoxy groups -OCH3 is 1. The molecule has 0 saturated heterocycles. The molecule has 1 aromatic rings. The average Bonchev–Trinajstić information content (AvgIpc) is 2.77. The molecular weight excluding hydrogens is 278 g/mol. The van der Waals surface area contributed by atoms with Gasteiger partial charge in [-0.1, -0.05) is 19.8 Å². The van der Waals surface area contributed by atoms with Crippen molar-refractivity contribution in [3.05, 3.63) is 23.8 Å². The van der Waals surface area contributed by atoms with Crippen LogP contribution < -0.4 is 9.64 Å². The first kappa shape index (κ1) is 15.1. The Balaban J connectivity index is 2.12. The van der Waals surface area contributed by atoms with Crippen molar-refractivity contribution >= 4 is 17.4 Å². The van der Waals surface area contributed by atoms with Crippen molar-refractivity contribution in [2.45, 2.75) is 50.9 Å². The zero-order valence-electron chi connectivity index (χ0n) is 13.4. The third kappa shape index (κ3) is 2.04. The number of anilines is 1. The highest BCUT2D eigenvalue weighted by Gasteiger charge is 2.56. The first-order valence-electron chi connectivity index (χ1n) is 8.19. The maximum absolute atomic E-state index is 13.1. The second kappa shape index (κ2) is 5.75. The maximum atomic E-state index is 13.1. The molecule has 0 N–H and O–H groups in total. The molecule has 1 aliphatic heterocycles. The highest BCUT2D eigenvalue weighted by molar-refractivity contribution is 6.22. The molecule has 0 aromatic heterocycles. The molecule has 1 amide bonds. The predicted molar refractivity (Wildman–Crippen MR) is 85.4 cm³/mol. The predicted octanol–water partition coefficient (Wildman–Crippen LogP) is 3.22. The van der Waals surface area contributed by atoms with Crippen molar-refractivity contribution in [1.29, 1.82) is 0 Å². The molecule has 118 valence electrons. The van der Waals surface area contributed by atoms with Gasteiger partial charge in [-0.25, -0.2) is 0 Å². The molecule has 1 atom stereocenters. The molecule has 1 aliphatic carbocycles. The lowest BCUT2D eigenvalue weighted by Gasteiger charge is -2.31. The SMILES string of the molecule is CCCCN1C(=O)C2(CCCCC2=O)c2cc(OC)ccc21. The Bertz CT molecular complexity index is 610. The van der Waals surface area contributed by atoms with E-state index in [1.807, 2.05) is 23.1 Å². The van der Waals surface area contributed by atoms with Crippen LogP contribution in [0.3, 0.4) is 0 Å². The average molecular weight is 301 g/mol. The molecule has 1 unspecified atom stereocenters. The van der Waals surface area contributed by atoms with E-state index in [0.29, 0.717) is 25.1 Å². The number of rotatable bonds is 4. The van der Waals surface area contributed by atoms with Crippen molar-refractivity contribution in [2.24, 2.45) is 0 Å². The van der Waals surface area contributed by atoms with Crippen LogP contribution in [-0.2, 0) is 15.0 Å². The van der Waals surface area contributed by atoms with Gasteiger partial charge in [-0.3, -0.25) is 9.59 Å². The molecule has 1 heterocycles. The lowest BCUT2D eigenvalue weighted by molar-refractivity contribution is -0.136. The van der Waals surface area contributed by atoms with Gasteiger partial charge in [0.1, 0.15) is 11.2 Å². The Labute approximate surface area is 131 Å². The minimum Gasteiger partial charge on any atom is -0.497 e. The summed E-state index contributed by atoms with van der Waals surface area (Å²) < 4.78 is 5.32. The van der Waals surface area contributed by atoms with Crippen molar-refractivity contribution in [2.75, 3.05) is 18.6 Å². The summed E-state index contributed by atoms with van der Waals surface area (Å²) in [6.07, 6.45) is 4.92. The standard InChI is InChI=1S/C18H23NO3/c1-3-4-11-19-15-9-8-13(22-2)12-14(15)18(17(19)21)10-6-5-7-16(18)20/h8-9,12H,3-7,10-11H2,1-2H3. The highest BCUT2D eigenvalue weighted by atomic mass is 16.5. The van der Waals surface area contributed by atoms with E-state index in [4.69, 9.17) is 4.74 Å². The topological polar surface area (TPSA) is 46.6 Å². The van der Waals surface area contributed by atoms with Gasteiger partial charge >= 0.3 is 0 Å². The number of nitrogens with zero attached hydrogens (tertiary/aromatic N) is 1. The van der Waals surface area contributed by atoms with E-state index in [1.165, 1.54) is 0 Å². The van der Waals surface area contributed by atoms with Crippen LogP contribution in [0, 0.1) is 0 Å². The summed E-state index contributed by atoms with van der Waals surface area (Å²) in [7, 11) is 1.61. The monoisotopic (exact) mass is 301 g/mol. The van der Waals surface area contributed by atoms with E-state index < -0.39 is 5.41 Å². The number of benzene rings is 1. The van der Waals surface area contributed by atoms with Gasteiger partial charge in [0.2, 0.25) is 5.91 Å². The van der Waals surface area contributed by atoms with Crippen LogP contribution in [0.4, 0.5) is 5.69 Å². The minimum absolute atomic E-state index is 0.0195. The Morgan fingerprint density at radius 2 is 2.09 bits per heavy atom. The number of fused-ring (bicyclic) bond motifs is 2. The van der Waals surface area contributed by atoms with Crippen molar-refractivity contribution in [1.82, 2.24) is 0 Å². The van der Waals surface area contributed by atoms with E-state index >= 15 is 0 Å². The first-order valence-corrected chi connectivity index (χ1v) is 8.19. The second-order valence-electron chi connectivity index (χ2n) is 6.23. The molecule has 1 aromatic carbocycles. The Morgan fingerprint density at radius 3 is 2.77 bits per heavy atom. The van der Waals surface area contributed by atoms with Gasteiger partial charge in [-0.2, -0.15) is 0 Å². The van der Waals surface area contributed by atoms with Crippen molar-refractivity contribution in [3.8, 4) is 5.75 Å². The van der Waals surface area contributed by atoms with Gasteiger partial charge in [-0.05, 0) is 37.5 Å². The van der Waals surface area contributed by atoms with Gasteiger partial charge in [0.05, 0.1) is 7.11 Å². The van der Waals surface area contributed by atoms with Crippen LogP contribution in [0.25, 0.3) is 0 Å². The van der Waals surface area contributed by atoms with E-state index in [1.54, 1.807) is 7.11 Å². The molecular formula is C18H23NO3. The molecule has 0 radical (unpaired) electrons. The third-order valence-corrected chi connectivity index (χ3v) is 4.98. The van der Waals surface area contributed by atoms with Crippen LogP contribution in [-0.4, -0.2) is 25.3 Å². The van der Waals surface area contributed by atoms with Crippen LogP contribution in [0.15, 0.2) is 18.2 Å². The Hall–Kier alpha value is -1.84. The zero-order valence-corrected chi connectivity index (χ0v) is 13.4. The van der Waals surface area contributed by atoms with Crippen molar-refractivity contribution in [3.63, 3.8) is 0 Å². The third-order valence-electron chi connectivity index (χ3n) is 4.98. The first-order chi connectivity index (χ1) is 10.6. The fourth-order valence-electron chi connectivity index (χ4n) is 3.75. The molecule has 2 aliphatic rings. The maximum Gasteiger partial charge on any atom is 0.245 e. The summed E-state index contributed by atoms with van der Waals surface area (Å²) in [5, 5.41) is 0. The van der Waals surface area contributed by atoms with Crippen molar-refractivity contribution < 1.29 is 14.3 Å². The van der Waals surface area contributed by atoms with Crippen LogP contribution in [0.5, 0.6) is 5.75 Å². The molecule has 0 bridgehead atoms. The molecule has 4 nitrogen and oxygen atoms in total. The minimum atomic E-state index is -0.949. The second-order valence-corrected chi connectivity index (χ2v) is 6.23. The summed E-state index contributed by atoms with van der Waals surface area (Å²) >= 11 is 0. The number of amides is 1. The Kier molecular flexibility index (Phi) is 3.94. The number of unbranched alkanes of at least 4 members (excludes halogenated alkanes) is 1. The molecule has 1 fully saturated rings. The number of ether oxygens (including phenoxy) is 1. The molecule has 1 saturated carbocycles. The number of Topliss-reactive ketones (excluding diaryl/α,β-unsaturated/α-hetero) is 1. The highest BCUT2D eigenvalue weighted by Crippen LogP contribution is 2.49. The lowest BCUT2D eigenvalue weighted by atomic mass is 9.69. The lowest BCUT2D eigenvalue weighted by Crippen LogP contribution is -2.48. The van der Waals surface area contributed by atoms with Gasteiger partial charge in [-0.15, -0.1) is 0 Å². The smallest absolute Gasteiger partial charge is 0.245 e. The number of ketones is 1. The summed E-state index contributed by atoms with van der Waals surface area (Å²) in [5.41, 5.74) is 0.808. The quantitative estimate of drug-likeness (QED) is 0.802. The molecule has 4 heteroatoms. The van der Waals surface area contributed by atoms with Crippen LogP contribution in [0.2, 0.25) is 0 Å². The van der Waals surface area contributed by atoms with Gasteiger partial charge in [0.15, 0.2) is 5.78 Å². The van der Waals surface area contributed by atoms with Crippen LogP contribution >= 0.6 is 0 Å². The fraction of sp³-hybridized carbons (Fsp3) is 0.556. The summed E-state index contributed by atoms with van der Waals surface area (Å²) in [4.78, 5) is 27.7. The summed E-state index contributed by atoms with van der Waals surface area (Å²) in [5.74, 6) is 0.771. The number of hydrogen-bond donors (Lipinski definition) is 0. The van der Waals surface area contributed by atoms with E-state index in [2.05, 4.69) is 6.92 Å². The summed E-state index contributed by atoms with van der Waals surface area (Å²) in [6, 6.07) is 5.69. The van der Waals surface area contributed by atoms with E-state index in [-0.39, 0.29) is 11.7 Å². The fourth-order valence-corrected chi connectivity index (χ4v) is 3.75. The Morgan fingerprint density at radius 1 is 1.27 bits per heavy atom. The van der Waals surface area contributed by atoms with E-state index in [9.17, 15) is 9.59 Å². The molecule has 22 heavy (non-hydrogen) atoms. The van der Waals surface area contributed by atoms with Gasteiger partial charge in [0.25, 0.3) is 0 Å². The van der Waals surface area contributed by atoms with Gasteiger partial charge in [0, 0.05) is 24.2 Å². The molecule has 3 rings (SSSR count). The zero-order chi connectivity index (χ0) is 15.7. The molecule has 1 spiro atoms. The van der Waals surface area contributed by atoms with Crippen LogP contribution in [0.1, 0.15) is 51.0 Å². The number of carbonyl (C=O) groups excluding carboxylic acids is 2. The summed E-state index contributed by atoms with van der Waals surface area (Å²) in [6.45, 7) is 2.79. The van der Waals surface area contributed by atoms with E-state index in [0.717, 1.165) is 36.9 Å². The normalized spacial score (nSPS) is 24.0. The largest absolute Gasteiger partial charge is 0.497 e. The van der Waals surface area contributed by atoms with Gasteiger partial charge < -0.3 is 9.64 Å².